The Morgan fingerprint density at radius 3 is 2.91 bits per heavy atom. The van der Waals surface area contributed by atoms with E-state index in [9.17, 15) is 4.79 Å². The van der Waals surface area contributed by atoms with E-state index < -0.39 is 0 Å². The van der Waals surface area contributed by atoms with Gasteiger partial charge < -0.3 is 24.0 Å². The monoisotopic (exact) mass is 432 g/mol. The Morgan fingerprint density at radius 1 is 1.22 bits per heavy atom. The van der Waals surface area contributed by atoms with E-state index in [0.29, 0.717) is 25.4 Å². The molecule has 1 aliphatic carbocycles. The predicted molar refractivity (Wildman–Crippen MR) is 121 cm³/mol. The smallest absolute Gasteiger partial charge is 0.276 e. The van der Waals surface area contributed by atoms with Crippen LogP contribution in [-0.4, -0.2) is 40.2 Å². The van der Waals surface area contributed by atoms with E-state index in [2.05, 4.69) is 45.5 Å². The normalized spacial score (nSPS) is 18.5. The van der Waals surface area contributed by atoms with Gasteiger partial charge in [0.15, 0.2) is 5.69 Å². The molecule has 32 heavy (non-hydrogen) atoms. The summed E-state index contributed by atoms with van der Waals surface area (Å²) in [5.74, 6) is 1.78. The predicted octanol–water partition coefficient (Wildman–Crippen LogP) is 4.30. The Hall–Kier alpha value is -3.22. The van der Waals surface area contributed by atoms with Gasteiger partial charge in [-0.2, -0.15) is 0 Å². The third kappa shape index (κ3) is 2.94. The van der Waals surface area contributed by atoms with Crippen LogP contribution in [0.2, 0.25) is 0 Å². The molecule has 7 nitrogen and oxygen atoms in total. The molecule has 1 aromatic carbocycles. The van der Waals surface area contributed by atoms with Gasteiger partial charge in [0.25, 0.3) is 5.91 Å². The highest BCUT2D eigenvalue weighted by Crippen LogP contribution is 2.44. The average molecular weight is 433 g/mol. The van der Waals surface area contributed by atoms with Crippen molar-refractivity contribution in [2.45, 2.75) is 51.0 Å². The summed E-state index contributed by atoms with van der Waals surface area (Å²) >= 11 is 0. The summed E-state index contributed by atoms with van der Waals surface area (Å²) in [4.78, 5) is 15.2. The molecular formula is C25H28N4O3. The number of piperidine rings is 1. The molecule has 3 aromatic rings. The van der Waals surface area contributed by atoms with E-state index in [1.165, 1.54) is 5.69 Å². The minimum absolute atomic E-state index is 0.0111. The Morgan fingerprint density at radius 2 is 2.06 bits per heavy atom. The number of benzene rings is 1. The maximum atomic E-state index is 13.3. The van der Waals surface area contributed by atoms with E-state index >= 15 is 0 Å². The van der Waals surface area contributed by atoms with E-state index in [4.69, 9.17) is 9.26 Å². The third-order valence-corrected chi connectivity index (χ3v) is 7.21. The average Bonchev–Trinajstić information content (AvgIpc) is 3.48. The molecule has 6 rings (SSSR count). The topological polar surface area (TPSA) is 72.5 Å². The van der Waals surface area contributed by atoms with Crippen LogP contribution in [0.3, 0.4) is 0 Å². The van der Waals surface area contributed by atoms with Gasteiger partial charge in [-0.1, -0.05) is 5.16 Å². The SMILES string of the molecule is CCOc1ccc2c(c1)NC1(CCN(C(=O)c3noc4c3CCCC4)CC1)c1cccn1-2. The van der Waals surface area contributed by atoms with Gasteiger partial charge in [0.05, 0.1) is 23.5 Å². The van der Waals surface area contributed by atoms with Crippen LogP contribution in [0, 0.1) is 0 Å². The Bertz CT molecular complexity index is 1170. The van der Waals surface area contributed by atoms with Crippen LogP contribution < -0.4 is 10.1 Å². The van der Waals surface area contributed by atoms with Gasteiger partial charge in [0.1, 0.15) is 11.5 Å². The van der Waals surface area contributed by atoms with Crippen molar-refractivity contribution in [2.24, 2.45) is 0 Å². The molecule has 0 radical (unpaired) electrons. The first-order valence-corrected chi connectivity index (χ1v) is 11.7. The number of carbonyl (C=O) groups excluding carboxylic acids is 1. The second-order valence-corrected chi connectivity index (χ2v) is 9.01. The molecule has 0 saturated carbocycles. The summed E-state index contributed by atoms with van der Waals surface area (Å²) in [5.41, 5.74) is 4.81. The molecule has 1 N–H and O–H groups in total. The number of aryl methyl sites for hydroxylation is 1. The van der Waals surface area contributed by atoms with Crippen molar-refractivity contribution in [1.82, 2.24) is 14.6 Å². The number of fused-ring (bicyclic) bond motifs is 5. The second-order valence-electron chi connectivity index (χ2n) is 9.01. The molecule has 4 heterocycles. The van der Waals surface area contributed by atoms with Gasteiger partial charge in [0, 0.05) is 43.0 Å². The fraction of sp³-hybridized carbons (Fsp3) is 0.440. The van der Waals surface area contributed by atoms with Gasteiger partial charge in [-0.3, -0.25) is 4.79 Å². The maximum absolute atomic E-state index is 13.3. The zero-order chi connectivity index (χ0) is 21.7. The van der Waals surface area contributed by atoms with Crippen LogP contribution in [-0.2, 0) is 18.4 Å². The molecule has 3 aliphatic rings. The standard InChI is InChI=1S/C25H28N4O3/c1-2-31-17-9-10-20-19(16-17)26-25(22-8-5-13-29(20)22)11-14-28(15-12-25)24(30)23-18-6-3-4-7-21(18)32-27-23/h5,8-10,13,16,26H,2-4,6-7,11-12,14-15H2,1H3. The number of nitrogens with zero attached hydrogens (tertiary/aromatic N) is 3. The molecule has 1 spiro atoms. The minimum Gasteiger partial charge on any atom is -0.494 e. The van der Waals surface area contributed by atoms with Crippen molar-refractivity contribution >= 4 is 11.6 Å². The number of hydrogen-bond donors (Lipinski definition) is 1. The van der Waals surface area contributed by atoms with Crippen LogP contribution in [0.15, 0.2) is 41.1 Å². The Balaban J connectivity index is 1.26. The van der Waals surface area contributed by atoms with Crippen molar-refractivity contribution in [2.75, 3.05) is 25.0 Å². The number of carbonyl (C=O) groups is 1. The van der Waals surface area contributed by atoms with Gasteiger partial charge in [-0.25, -0.2) is 0 Å². The van der Waals surface area contributed by atoms with E-state index in [0.717, 1.165) is 67.0 Å². The van der Waals surface area contributed by atoms with Crippen LogP contribution in [0.5, 0.6) is 5.75 Å². The summed E-state index contributed by atoms with van der Waals surface area (Å²) in [6, 6.07) is 10.5. The first kappa shape index (κ1) is 19.5. The first-order chi connectivity index (χ1) is 15.7. The summed E-state index contributed by atoms with van der Waals surface area (Å²) in [7, 11) is 0. The minimum atomic E-state index is -0.207. The number of anilines is 1. The lowest BCUT2D eigenvalue weighted by atomic mass is 9.82. The number of aromatic nitrogens is 2. The molecule has 1 fully saturated rings. The number of likely N-dealkylation sites (tertiary alicyclic amines) is 1. The molecule has 0 unspecified atom stereocenters. The lowest BCUT2D eigenvalue weighted by Crippen LogP contribution is -2.51. The first-order valence-electron chi connectivity index (χ1n) is 11.7. The zero-order valence-corrected chi connectivity index (χ0v) is 18.4. The van der Waals surface area contributed by atoms with Crippen molar-refractivity contribution in [3.05, 3.63) is 59.2 Å². The molecule has 2 aromatic heterocycles. The molecule has 7 heteroatoms. The second kappa shape index (κ2) is 7.43. The van der Waals surface area contributed by atoms with Gasteiger partial charge in [-0.05, 0) is 63.3 Å². The van der Waals surface area contributed by atoms with Crippen molar-refractivity contribution < 1.29 is 14.1 Å². The highest BCUT2D eigenvalue weighted by molar-refractivity contribution is 5.94. The van der Waals surface area contributed by atoms with Gasteiger partial charge in [-0.15, -0.1) is 0 Å². The number of nitrogens with one attached hydrogen (secondary N) is 1. The third-order valence-electron chi connectivity index (χ3n) is 7.21. The summed E-state index contributed by atoms with van der Waals surface area (Å²) < 4.78 is 13.5. The molecule has 1 saturated heterocycles. The lowest BCUT2D eigenvalue weighted by Gasteiger charge is -2.46. The largest absolute Gasteiger partial charge is 0.494 e. The van der Waals surface area contributed by atoms with E-state index in [1.54, 1.807) is 0 Å². The maximum Gasteiger partial charge on any atom is 0.276 e. The number of ether oxygens (including phenoxy) is 1. The van der Waals surface area contributed by atoms with Crippen LogP contribution in [0.1, 0.15) is 60.1 Å². The quantitative estimate of drug-likeness (QED) is 0.668. The van der Waals surface area contributed by atoms with Crippen LogP contribution >= 0.6 is 0 Å². The van der Waals surface area contributed by atoms with Crippen molar-refractivity contribution in [3.63, 3.8) is 0 Å². The summed E-state index contributed by atoms with van der Waals surface area (Å²) in [6.45, 7) is 4.00. The lowest BCUT2D eigenvalue weighted by molar-refractivity contribution is 0.0665. The fourth-order valence-corrected chi connectivity index (χ4v) is 5.56. The molecular weight excluding hydrogens is 404 g/mol. The molecule has 0 atom stereocenters. The highest BCUT2D eigenvalue weighted by atomic mass is 16.5. The summed E-state index contributed by atoms with van der Waals surface area (Å²) in [5, 5.41) is 7.99. The molecule has 0 bridgehead atoms. The van der Waals surface area contributed by atoms with E-state index in [1.807, 2.05) is 17.9 Å². The Kier molecular flexibility index (Phi) is 4.52. The molecule has 1 amide bonds. The fourth-order valence-electron chi connectivity index (χ4n) is 5.56. The van der Waals surface area contributed by atoms with Crippen molar-refractivity contribution in [3.8, 4) is 11.4 Å². The van der Waals surface area contributed by atoms with E-state index in [-0.39, 0.29) is 11.4 Å². The number of rotatable bonds is 3. The highest BCUT2D eigenvalue weighted by Gasteiger charge is 2.43. The zero-order valence-electron chi connectivity index (χ0n) is 18.4. The number of amides is 1. The van der Waals surface area contributed by atoms with Crippen molar-refractivity contribution in [1.29, 1.82) is 0 Å². The van der Waals surface area contributed by atoms with Gasteiger partial charge in [0.2, 0.25) is 0 Å². The number of hydrogen-bond acceptors (Lipinski definition) is 5. The van der Waals surface area contributed by atoms with Gasteiger partial charge >= 0.3 is 0 Å². The van der Waals surface area contributed by atoms with Crippen LogP contribution in [0.4, 0.5) is 5.69 Å². The molecule has 166 valence electrons. The molecule has 2 aliphatic heterocycles. The van der Waals surface area contributed by atoms with Crippen LogP contribution in [0.25, 0.3) is 5.69 Å². The Labute approximate surface area is 187 Å². The summed E-state index contributed by atoms with van der Waals surface area (Å²) in [6.07, 6.45) is 7.79.